The summed E-state index contributed by atoms with van der Waals surface area (Å²) in [6.45, 7) is -0.0770. The van der Waals surface area contributed by atoms with E-state index >= 15 is 0 Å². The van der Waals surface area contributed by atoms with Crippen molar-refractivity contribution in [3.05, 3.63) is 65.7 Å². The van der Waals surface area contributed by atoms with Crippen LogP contribution in [-0.2, 0) is 11.3 Å². The number of rotatable bonds is 5. The first-order valence-corrected chi connectivity index (χ1v) is 6.42. The van der Waals surface area contributed by atoms with Crippen LogP contribution < -0.4 is 4.74 Å². The van der Waals surface area contributed by atoms with Crippen LogP contribution in [0.1, 0.15) is 5.56 Å². The molecule has 3 nitrogen and oxygen atoms in total. The van der Waals surface area contributed by atoms with E-state index in [1.807, 2.05) is 6.07 Å². The summed E-state index contributed by atoms with van der Waals surface area (Å²) in [5, 5.41) is 0. The highest BCUT2D eigenvalue weighted by Crippen LogP contribution is 2.12. The largest absolute Gasteiger partial charge is 0.484 e. The van der Waals surface area contributed by atoms with Crippen molar-refractivity contribution in [1.82, 2.24) is 4.90 Å². The number of hydrogen-bond acceptors (Lipinski definition) is 2. The maximum atomic E-state index is 13.5. The lowest BCUT2D eigenvalue weighted by Crippen LogP contribution is -2.31. The fraction of sp³-hybridized carbons (Fsp3) is 0.188. The van der Waals surface area contributed by atoms with Crippen LogP contribution in [0.4, 0.5) is 8.78 Å². The summed E-state index contributed by atoms with van der Waals surface area (Å²) >= 11 is 0. The number of likely N-dealkylation sites (N-methyl/N-ethyl adjacent to an activating group) is 1. The van der Waals surface area contributed by atoms with E-state index in [0.717, 1.165) is 12.1 Å². The van der Waals surface area contributed by atoms with E-state index in [2.05, 4.69) is 0 Å². The van der Waals surface area contributed by atoms with Crippen molar-refractivity contribution in [2.75, 3.05) is 13.7 Å². The maximum absolute atomic E-state index is 13.5. The van der Waals surface area contributed by atoms with Crippen molar-refractivity contribution in [2.45, 2.75) is 6.54 Å². The van der Waals surface area contributed by atoms with Crippen LogP contribution in [0, 0.1) is 11.6 Å². The van der Waals surface area contributed by atoms with Gasteiger partial charge in [-0.15, -0.1) is 0 Å². The van der Waals surface area contributed by atoms with E-state index < -0.39 is 11.6 Å². The summed E-state index contributed by atoms with van der Waals surface area (Å²) in [4.78, 5) is 13.2. The molecule has 21 heavy (non-hydrogen) atoms. The number of carbonyl (C=O) groups is 1. The number of carbonyl (C=O) groups excluding carboxylic acids is 1. The van der Waals surface area contributed by atoms with Crippen LogP contribution in [0.25, 0.3) is 0 Å². The third kappa shape index (κ3) is 4.27. The topological polar surface area (TPSA) is 29.5 Å². The number of ether oxygens (including phenoxy) is 1. The molecule has 0 saturated heterocycles. The maximum Gasteiger partial charge on any atom is 0.260 e. The third-order valence-electron chi connectivity index (χ3n) is 2.95. The zero-order chi connectivity index (χ0) is 15.2. The molecular formula is C16H15F2NO2. The zero-order valence-corrected chi connectivity index (χ0v) is 11.6. The summed E-state index contributed by atoms with van der Waals surface area (Å²) in [5.74, 6) is -1.01. The smallest absolute Gasteiger partial charge is 0.260 e. The molecule has 0 aliphatic rings. The van der Waals surface area contributed by atoms with Gasteiger partial charge in [0.25, 0.3) is 5.91 Å². The van der Waals surface area contributed by atoms with Crippen LogP contribution >= 0.6 is 0 Å². The van der Waals surface area contributed by atoms with Crippen LogP contribution in [0.5, 0.6) is 5.75 Å². The lowest BCUT2D eigenvalue weighted by Gasteiger charge is -2.18. The van der Waals surface area contributed by atoms with E-state index in [-0.39, 0.29) is 24.6 Å². The van der Waals surface area contributed by atoms with Crippen LogP contribution in [0.15, 0.2) is 48.5 Å². The van der Waals surface area contributed by atoms with E-state index in [0.29, 0.717) is 5.75 Å². The molecule has 2 aromatic rings. The van der Waals surface area contributed by atoms with Gasteiger partial charge >= 0.3 is 0 Å². The fourth-order valence-electron chi connectivity index (χ4n) is 1.77. The van der Waals surface area contributed by atoms with Gasteiger partial charge in [-0.1, -0.05) is 24.3 Å². The van der Waals surface area contributed by atoms with Crippen molar-refractivity contribution < 1.29 is 18.3 Å². The second-order valence-corrected chi connectivity index (χ2v) is 4.59. The molecule has 0 aromatic heterocycles. The monoisotopic (exact) mass is 291 g/mol. The van der Waals surface area contributed by atoms with E-state index in [9.17, 15) is 13.6 Å². The molecule has 0 fully saturated rings. The fourth-order valence-corrected chi connectivity index (χ4v) is 1.77. The summed E-state index contributed by atoms with van der Waals surface area (Å²) in [5.41, 5.74) is 0.256. The van der Waals surface area contributed by atoms with Gasteiger partial charge in [-0.05, 0) is 18.2 Å². The summed E-state index contributed by atoms with van der Waals surface area (Å²) in [7, 11) is 1.54. The molecule has 2 rings (SSSR count). The van der Waals surface area contributed by atoms with Crippen LogP contribution in [0.3, 0.4) is 0 Å². The molecule has 1 amide bonds. The van der Waals surface area contributed by atoms with Gasteiger partial charge in [0.05, 0.1) is 0 Å². The van der Waals surface area contributed by atoms with Gasteiger partial charge < -0.3 is 9.64 Å². The van der Waals surface area contributed by atoms with Crippen molar-refractivity contribution in [2.24, 2.45) is 0 Å². The molecule has 5 heteroatoms. The highest BCUT2D eigenvalue weighted by atomic mass is 19.1. The highest BCUT2D eigenvalue weighted by Gasteiger charge is 2.13. The Labute approximate surface area is 121 Å². The molecule has 0 atom stereocenters. The molecule has 0 heterocycles. The Kier molecular flexibility index (Phi) is 4.87. The van der Waals surface area contributed by atoms with Crippen molar-refractivity contribution in [3.8, 4) is 5.75 Å². The minimum atomic E-state index is -0.668. The average molecular weight is 291 g/mol. The number of nitrogens with zero attached hydrogens (tertiary/aromatic N) is 1. The van der Waals surface area contributed by atoms with E-state index in [4.69, 9.17) is 4.74 Å². The Hall–Kier alpha value is -2.43. The number of para-hydroxylation sites is 1. The van der Waals surface area contributed by atoms with Gasteiger partial charge in [0.2, 0.25) is 0 Å². The predicted octanol–water partition coefficient (Wildman–Crippen LogP) is 3.00. The molecule has 0 spiro atoms. The number of amides is 1. The quantitative estimate of drug-likeness (QED) is 0.847. The number of benzene rings is 2. The summed E-state index contributed by atoms with van der Waals surface area (Å²) < 4.78 is 31.7. The molecule has 0 N–H and O–H groups in total. The molecule has 2 aromatic carbocycles. The van der Waals surface area contributed by atoms with Gasteiger partial charge in [-0.25, -0.2) is 8.78 Å². The molecule has 0 radical (unpaired) electrons. The minimum absolute atomic E-state index is 0.0586. The van der Waals surface area contributed by atoms with E-state index in [1.165, 1.54) is 11.0 Å². The van der Waals surface area contributed by atoms with Gasteiger partial charge in [-0.2, -0.15) is 0 Å². The van der Waals surface area contributed by atoms with Crippen LogP contribution in [-0.4, -0.2) is 24.5 Å². The SMILES string of the molecule is CN(Cc1ccc(F)cc1F)C(=O)COc1ccccc1. The average Bonchev–Trinajstić information content (AvgIpc) is 2.48. The lowest BCUT2D eigenvalue weighted by atomic mass is 10.2. The van der Waals surface area contributed by atoms with Gasteiger partial charge in [0, 0.05) is 25.2 Å². The predicted molar refractivity (Wildman–Crippen MR) is 74.8 cm³/mol. The Bertz CT molecular complexity index is 617. The zero-order valence-electron chi connectivity index (χ0n) is 11.6. The highest BCUT2D eigenvalue weighted by molar-refractivity contribution is 5.77. The second kappa shape index (κ2) is 6.83. The Morgan fingerprint density at radius 3 is 2.52 bits per heavy atom. The first-order chi connectivity index (χ1) is 10.1. The first-order valence-electron chi connectivity index (χ1n) is 6.42. The second-order valence-electron chi connectivity index (χ2n) is 4.59. The van der Waals surface area contributed by atoms with Crippen molar-refractivity contribution in [1.29, 1.82) is 0 Å². The molecule has 0 aliphatic heterocycles. The van der Waals surface area contributed by atoms with Gasteiger partial charge in [0.1, 0.15) is 17.4 Å². The lowest BCUT2D eigenvalue weighted by molar-refractivity contribution is -0.132. The number of halogens is 2. The normalized spacial score (nSPS) is 10.2. The molecule has 0 aliphatic carbocycles. The van der Waals surface area contributed by atoms with Crippen molar-refractivity contribution >= 4 is 5.91 Å². The number of hydrogen-bond donors (Lipinski definition) is 0. The van der Waals surface area contributed by atoms with Crippen LogP contribution in [0.2, 0.25) is 0 Å². The van der Waals surface area contributed by atoms with E-state index in [1.54, 1.807) is 31.3 Å². The van der Waals surface area contributed by atoms with Gasteiger partial charge in [-0.3, -0.25) is 4.79 Å². The summed E-state index contributed by atoms with van der Waals surface area (Å²) in [6.07, 6.45) is 0. The first kappa shape index (κ1) is 15.0. The van der Waals surface area contributed by atoms with Gasteiger partial charge in [0.15, 0.2) is 6.61 Å². The summed E-state index contributed by atoms with van der Waals surface area (Å²) in [6, 6.07) is 12.2. The Morgan fingerprint density at radius 1 is 1.14 bits per heavy atom. The van der Waals surface area contributed by atoms with Crippen molar-refractivity contribution in [3.63, 3.8) is 0 Å². The Morgan fingerprint density at radius 2 is 1.86 bits per heavy atom. The molecule has 0 bridgehead atoms. The molecule has 0 saturated carbocycles. The third-order valence-corrected chi connectivity index (χ3v) is 2.95. The standard InChI is InChI=1S/C16H15F2NO2/c1-19(10-12-7-8-13(17)9-15(12)18)16(20)11-21-14-5-3-2-4-6-14/h2-9H,10-11H2,1H3. The molecular weight excluding hydrogens is 276 g/mol. The minimum Gasteiger partial charge on any atom is -0.484 e. The molecule has 0 unspecified atom stereocenters. The molecule has 110 valence electrons. The Balaban J connectivity index is 1.90.